The van der Waals surface area contributed by atoms with Gasteiger partial charge in [-0.15, -0.1) is 0 Å². The number of likely N-dealkylation sites (tertiary alicyclic amines) is 1. The zero-order chi connectivity index (χ0) is 19.9. The van der Waals surface area contributed by atoms with Gasteiger partial charge in [-0.25, -0.2) is 4.79 Å². The first kappa shape index (κ1) is 19.3. The summed E-state index contributed by atoms with van der Waals surface area (Å²) < 4.78 is 16.5. The molecule has 0 bridgehead atoms. The largest absolute Gasteiger partial charge is 0.475 e. The monoisotopic (exact) mass is 394 g/mol. The molecule has 0 atom stereocenters. The standard InChI is InChI=1S/C23H26N2O4/c26-23(28-17-19-7-2-1-3-8-19)25-14-12-18(13-15-25)9-6-16-27-22-20-10-4-5-11-21(20)29-24-22/h1-5,7-8,10-11,18H,6,9,12-17H2. The van der Waals surface area contributed by atoms with E-state index >= 15 is 0 Å². The van der Waals surface area contributed by atoms with E-state index < -0.39 is 0 Å². The van der Waals surface area contributed by atoms with Gasteiger partial charge in [-0.1, -0.05) is 42.5 Å². The summed E-state index contributed by atoms with van der Waals surface area (Å²) in [7, 11) is 0. The van der Waals surface area contributed by atoms with Gasteiger partial charge in [-0.2, -0.15) is 0 Å². The molecule has 29 heavy (non-hydrogen) atoms. The molecule has 0 saturated carbocycles. The molecule has 1 amide bonds. The van der Waals surface area contributed by atoms with Gasteiger partial charge < -0.3 is 18.9 Å². The van der Waals surface area contributed by atoms with Gasteiger partial charge in [0.25, 0.3) is 5.88 Å². The van der Waals surface area contributed by atoms with Gasteiger partial charge in [0, 0.05) is 13.1 Å². The smallest absolute Gasteiger partial charge is 0.410 e. The van der Waals surface area contributed by atoms with Crippen LogP contribution in [0.2, 0.25) is 0 Å². The van der Waals surface area contributed by atoms with Crippen molar-refractivity contribution >= 4 is 17.1 Å². The van der Waals surface area contributed by atoms with E-state index in [4.69, 9.17) is 14.0 Å². The third-order valence-corrected chi connectivity index (χ3v) is 5.42. The van der Waals surface area contributed by atoms with E-state index in [-0.39, 0.29) is 6.09 Å². The Kier molecular flexibility index (Phi) is 6.29. The van der Waals surface area contributed by atoms with Crippen LogP contribution in [0.4, 0.5) is 4.79 Å². The molecule has 0 unspecified atom stereocenters. The van der Waals surface area contributed by atoms with Crippen molar-refractivity contribution in [2.24, 2.45) is 5.92 Å². The highest BCUT2D eigenvalue weighted by molar-refractivity contribution is 5.81. The number of aromatic nitrogens is 1. The van der Waals surface area contributed by atoms with Crippen LogP contribution >= 0.6 is 0 Å². The van der Waals surface area contributed by atoms with Crippen LogP contribution in [-0.2, 0) is 11.3 Å². The highest BCUT2D eigenvalue weighted by Gasteiger charge is 2.23. The number of nitrogens with zero attached hydrogens (tertiary/aromatic N) is 2. The molecule has 0 aliphatic carbocycles. The molecule has 1 aromatic heterocycles. The van der Waals surface area contributed by atoms with Crippen molar-refractivity contribution < 1.29 is 18.8 Å². The number of amides is 1. The van der Waals surface area contributed by atoms with Crippen molar-refractivity contribution in [1.29, 1.82) is 0 Å². The van der Waals surface area contributed by atoms with E-state index in [1.54, 1.807) is 0 Å². The quantitative estimate of drug-likeness (QED) is 0.526. The number of hydrogen-bond donors (Lipinski definition) is 0. The van der Waals surface area contributed by atoms with Crippen molar-refractivity contribution in [3.8, 4) is 5.88 Å². The van der Waals surface area contributed by atoms with E-state index in [2.05, 4.69) is 5.16 Å². The van der Waals surface area contributed by atoms with E-state index in [0.29, 0.717) is 25.0 Å². The number of hydrogen-bond acceptors (Lipinski definition) is 5. The van der Waals surface area contributed by atoms with E-state index in [0.717, 1.165) is 55.3 Å². The maximum absolute atomic E-state index is 12.2. The zero-order valence-electron chi connectivity index (χ0n) is 16.5. The minimum absolute atomic E-state index is 0.214. The molecule has 0 N–H and O–H groups in total. The van der Waals surface area contributed by atoms with Crippen LogP contribution in [0.25, 0.3) is 11.0 Å². The van der Waals surface area contributed by atoms with Gasteiger partial charge in [0.15, 0.2) is 5.58 Å². The van der Waals surface area contributed by atoms with Crippen molar-refractivity contribution in [3.63, 3.8) is 0 Å². The molecule has 152 valence electrons. The molecule has 1 fully saturated rings. The number of carbonyl (C=O) groups is 1. The molecular formula is C23H26N2O4. The summed E-state index contributed by atoms with van der Waals surface area (Å²) >= 11 is 0. The summed E-state index contributed by atoms with van der Waals surface area (Å²) in [5.74, 6) is 1.18. The van der Waals surface area contributed by atoms with Gasteiger partial charge in [-0.3, -0.25) is 0 Å². The van der Waals surface area contributed by atoms with Crippen LogP contribution < -0.4 is 4.74 Å². The number of carbonyl (C=O) groups excluding carboxylic acids is 1. The van der Waals surface area contributed by atoms with Crippen molar-refractivity contribution in [3.05, 3.63) is 60.2 Å². The highest BCUT2D eigenvalue weighted by Crippen LogP contribution is 2.26. The van der Waals surface area contributed by atoms with Gasteiger partial charge in [-0.05, 0) is 54.5 Å². The fraction of sp³-hybridized carbons (Fsp3) is 0.391. The molecule has 0 spiro atoms. The van der Waals surface area contributed by atoms with Crippen LogP contribution in [0.3, 0.4) is 0 Å². The third kappa shape index (κ3) is 5.08. The Balaban J connectivity index is 1.13. The summed E-state index contributed by atoms with van der Waals surface area (Å²) in [5.41, 5.74) is 1.75. The molecular weight excluding hydrogens is 368 g/mol. The first-order valence-corrected chi connectivity index (χ1v) is 10.2. The highest BCUT2D eigenvalue weighted by atomic mass is 16.6. The maximum atomic E-state index is 12.2. The van der Waals surface area contributed by atoms with E-state index in [1.165, 1.54) is 0 Å². The van der Waals surface area contributed by atoms with Crippen LogP contribution in [0, 0.1) is 5.92 Å². The van der Waals surface area contributed by atoms with Gasteiger partial charge >= 0.3 is 6.09 Å². The topological polar surface area (TPSA) is 64.8 Å². The fourth-order valence-corrected chi connectivity index (χ4v) is 3.72. The Labute approximate surface area is 170 Å². The second-order valence-electron chi connectivity index (χ2n) is 7.45. The Morgan fingerprint density at radius 1 is 1.07 bits per heavy atom. The Morgan fingerprint density at radius 3 is 2.66 bits per heavy atom. The van der Waals surface area contributed by atoms with Crippen LogP contribution in [0.1, 0.15) is 31.2 Å². The third-order valence-electron chi connectivity index (χ3n) is 5.42. The van der Waals surface area contributed by atoms with Gasteiger partial charge in [0.1, 0.15) is 6.61 Å². The second kappa shape index (κ2) is 9.45. The lowest BCUT2D eigenvalue weighted by atomic mass is 9.92. The minimum atomic E-state index is -0.214. The van der Waals surface area contributed by atoms with Crippen molar-refractivity contribution in [2.75, 3.05) is 19.7 Å². The lowest BCUT2D eigenvalue weighted by Gasteiger charge is -2.31. The molecule has 0 radical (unpaired) electrons. The van der Waals surface area contributed by atoms with Crippen LogP contribution in [0.5, 0.6) is 5.88 Å². The molecule has 1 aliphatic rings. The molecule has 6 nitrogen and oxygen atoms in total. The van der Waals surface area contributed by atoms with Crippen molar-refractivity contribution in [2.45, 2.75) is 32.3 Å². The Hall–Kier alpha value is -3.02. The molecule has 3 aromatic rings. The van der Waals surface area contributed by atoms with Gasteiger partial charge in [0.2, 0.25) is 0 Å². The van der Waals surface area contributed by atoms with Gasteiger partial charge in [0.05, 0.1) is 12.0 Å². The molecule has 1 saturated heterocycles. The average molecular weight is 394 g/mol. The Morgan fingerprint density at radius 2 is 1.83 bits per heavy atom. The Bertz CT molecular complexity index is 917. The van der Waals surface area contributed by atoms with E-state index in [1.807, 2.05) is 59.5 Å². The first-order chi connectivity index (χ1) is 14.3. The molecule has 2 aromatic carbocycles. The fourth-order valence-electron chi connectivity index (χ4n) is 3.72. The number of piperidine rings is 1. The van der Waals surface area contributed by atoms with Crippen LogP contribution in [-0.4, -0.2) is 35.8 Å². The molecule has 6 heteroatoms. The summed E-state index contributed by atoms with van der Waals surface area (Å²) in [6.07, 6.45) is 3.85. The second-order valence-corrected chi connectivity index (χ2v) is 7.45. The number of para-hydroxylation sites is 1. The molecule has 4 rings (SSSR count). The van der Waals surface area contributed by atoms with E-state index in [9.17, 15) is 4.79 Å². The minimum Gasteiger partial charge on any atom is -0.475 e. The molecule has 1 aliphatic heterocycles. The summed E-state index contributed by atoms with van der Waals surface area (Å²) in [5, 5.41) is 4.90. The van der Waals surface area contributed by atoms with Crippen molar-refractivity contribution in [1.82, 2.24) is 10.1 Å². The number of ether oxygens (including phenoxy) is 2. The lowest BCUT2D eigenvalue weighted by Crippen LogP contribution is -2.38. The predicted octanol–water partition coefficient (Wildman–Crippen LogP) is 5.04. The van der Waals surface area contributed by atoms with Crippen LogP contribution in [0.15, 0.2) is 59.1 Å². The average Bonchev–Trinajstić information content (AvgIpc) is 3.19. The number of benzene rings is 2. The predicted molar refractivity (Wildman–Crippen MR) is 110 cm³/mol. The summed E-state index contributed by atoms with van der Waals surface area (Å²) in [6, 6.07) is 17.5. The summed E-state index contributed by atoms with van der Waals surface area (Å²) in [4.78, 5) is 14.1. The number of fused-ring (bicyclic) bond motifs is 1. The normalized spacial score (nSPS) is 14.8. The number of rotatable bonds is 7. The molecule has 2 heterocycles. The maximum Gasteiger partial charge on any atom is 0.410 e. The summed E-state index contributed by atoms with van der Waals surface area (Å²) in [6.45, 7) is 2.46. The first-order valence-electron chi connectivity index (χ1n) is 10.2. The SMILES string of the molecule is O=C(OCc1ccccc1)N1CCC(CCCOc2noc3ccccc23)CC1. The zero-order valence-corrected chi connectivity index (χ0v) is 16.5. The lowest BCUT2D eigenvalue weighted by molar-refractivity contribution is 0.0808.